The lowest BCUT2D eigenvalue weighted by atomic mass is 9.86. The maximum absolute atomic E-state index is 11.0. The van der Waals surface area contributed by atoms with Gasteiger partial charge in [0.2, 0.25) is 5.79 Å². The van der Waals surface area contributed by atoms with Gasteiger partial charge in [-0.3, -0.25) is 0 Å². The van der Waals surface area contributed by atoms with Crippen molar-refractivity contribution in [1.29, 1.82) is 0 Å². The van der Waals surface area contributed by atoms with Crippen LogP contribution in [0.1, 0.15) is 29.2 Å². The summed E-state index contributed by atoms with van der Waals surface area (Å²) in [6.07, 6.45) is -0.279. The van der Waals surface area contributed by atoms with Crippen LogP contribution in [0.3, 0.4) is 0 Å². The Balaban J connectivity index is 1.94. The van der Waals surface area contributed by atoms with E-state index in [9.17, 15) is 25.5 Å². The molecule has 1 aliphatic rings. The smallest absolute Gasteiger partial charge is 0.222 e. The average molecular weight is 414 g/mol. The van der Waals surface area contributed by atoms with Crippen LogP contribution in [0.5, 0.6) is 5.75 Å². The molecular weight excluding hydrogens is 388 g/mol. The monoisotopic (exact) mass is 414 g/mol. The molecule has 1 heterocycles. The fourth-order valence-corrected chi connectivity index (χ4v) is 3.59. The summed E-state index contributed by atoms with van der Waals surface area (Å²) in [5.41, 5.74) is 2.40. The van der Waals surface area contributed by atoms with E-state index in [2.05, 4.69) is 5.92 Å². The summed E-state index contributed by atoms with van der Waals surface area (Å²) in [6, 6.07) is 12.2. The van der Waals surface area contributed by atoms with Crippen molar-refractivity contribution in [2.75, 3.05) is 13.2 Å². The zero-order valence-electron chi connectivity index (χ0n) is 16.6. The first-order valence-electron chi connectivity index (χ1n) is 9.71. The van der Waals surface area contributed by atoms with Crippen molar-refractivity contribution in [3.05, 3.63) is 64.7 Å². The molecule has 0 aromatic heterocycles. The second kappa shape index (κ2) is 9.14. The first kappa shape index (κ1) is 22.2. The second-order valence-corrected chi connectivity index (χ2v) is 7.23. The lowest BCUT2D eigenvalue weighted by molar-refractivity contribution is -0.357. The molecule has 0 amide bonds. The van der Waals surface area contributed by atoms with E-state index in [0.29, 0.717) is 24.2 Å². The number of rotatable bonds is 6. The predicted molar refractivity (Wildman–Crippen MR) is 109 cm³/mol. The third-order valence-corrected chi connectivity index (χ3v) is 5.27. The standard InChI is InChI=1S/C23H26O7/c1-3-15-7-8-17(23(28)22(27)21(26)20(25)19(13-24)30-23)12-16(15)11-14-5-9-18(10-6-14)29-4-2/h1,5-10,12,19-22,24-28H,4,11,13H2,2H3/t19-,20-,21+,22-,23?/m1/s1. The number of hydrogen-bond acceptors (Lipinski definition) is 7. The molecule has 7 nitrogen and oxygen atoms in total. The quantitative estimate of drug-likeness (QED) is 0.431. The van der Waals surface area contributed by atoms with Crippen LogP contribution in [0.4, 0.5) is 0 Å². The van der Waals surface area contributed by atoms with Gasteiger partial charge in [-0.2, -0.15) is 0 Å². The van der Waals surface area contributed by atoms with Crippen molar-refractivity contribution in [2.45, 2.75) is 43.5 Å². The van der Waals surface area contributed by atoms with Gasteiger partial charge in [0.25, 0.3) is 0 Å². The van der Waals surface area contributed by atoms with Crippen LogP contribution < -0.4 is 4.74 Å². The fourth-order valence-electron chi connectivity index (χ4n) is 3.59. The van der Waals surface area contributed by atoms with Crippen molar-refractivity contribution in [2.24, 2.45) is 0 Å². The number of benzene rings is 2. The first-order valence-corrected chi connectivity index (χ1v) is 9.71. The molecular formula is C23H26O7. The Hall–Kier alpha value is -2.44. The van der Waals surface area contributed by atoms with Gasteiger partial charge in [0.15, 0.2) is 0 Å². The Bertz CT molecular complexity index is 903. The first-order chi connectivity index (χ1) is 14.3. The van der Waals surface area contributed by atoms with E-state index in [1.807, 2.05) is 31.2 Å². The minimum atomic E-state index is -2.33. The number of hydrogen-bond donors (Lipinski definition) is 5. The molecule has 2 aromatic rings. The van der Waals surface area contributed by atoms with Crippen LogP contribution in [0.2, 0.25) is 0 Å². The van der Waals surface area contributed by atoms with Gasteiger partial charge in [-0.25, -0.2) is 0 Å². The van der Waals surface area contributed by atoms with E-state index >= 15 is 0 Å². The molecule has 2 aromatic carbocycles. The molecule has 3 rings (SSSR count). The van der Waals surface area contributed by atoms with Crippen LogP contribution >= 0.6 is 0 Å². The molecule has 5 N–H and O–H groups in total. The fraction of sp³-hybridized carbons (Fsp3) is 0.391. The van der Waals surface area contributed by atoms with Crippen LogP contribution in [0.25, 0.3) is 0 Å². The van der Waals surface area contributed by atoms with E-state index in [-0.39, 0.29) is 5.56 Å². The summed E-state index contributed by atoms with van der Waals surface area (Å²) in [5, 5.41) is 50.9. The normalized spacial score (nSPS) is 28.7. The highest BCUT2D eigenvalue weighted by atomic mass is 16.7. The zero-order chi connectivity index (χ0) is 21.9. The largest absolute Gasteiger partial charge is 0.494 e. The maximum Gasteiger partial charge on any atom is 0.222 e. The average Bonchev–Trinajstić information content (AvgIpc) is 2.76. The summed E-state index contributed by atoms with van der Waals surface area (Å²) in [7, 11) is 0. The zero-order valence-corrected chi connectivity index (χ0v) is 16.6. The van der Waals surface area contributed by atoms with Crippen LogP contribution in [0, 0.1) is 12.3 Å². The van der Waals surface area contributed by atoms with Crippen molar-refractivity contribution in [3.63, 3.8) is 0 Å². The Labute approximate surface area is 175 Å². The minimum Gasteiger partial charge on any atom is -0.494 e. The lowest BCUT2D eigenvalue weighted by Gasteiger charge is -2.45. The van der Waals surface area contributed by atoms with E-state index in [4.69, 9.17) is 15.9 Å². The Morgan fingerprint density at radius 2 is 1.80 bits per heavy atom. The molecule has 0 aliphatic carbocycles. The number of aliphatic hydroxyl groups excluding tert-OH is 4. The van der Waals surface area contributed by atoms with Crippen LogP contribution in [-0.4, -0.2) is 63.2 Å². The number of aliphatic hydroxyl groups is 5. The Morgan fingerprint density at radius 1 is 1.10 bits per heavy atom. The van der Waals surface area contributed by atoms with Gasteiger partial charge in [-0.05, 0) is 48.7 Å². The van der Waals surface area contributed by atoms with Gasteiger partial charge in [-0.15, -0.1) is 6.42 Å². The second-order valence-electron chi connectivity index (χ2n) is 7.23. The van der Waals surface area contributed by atoms with Gasteiger partial charge in [-0.1, -0.05) is 24.1 Å². The van der Waals surface area contributed by atoms with Gasteiger partial charge >= 0.3 is 0 Å². The van der Waals surface area contributed by atoms with E-state index in [0.717, 1.165) is 11.3 Å². The van der Waals surface area contributed by atoms with E-state index < -0.39 is 36.8 Å². The van der Waals surface area contributed by atoms with Crippen LogP contribution in [0.15, 0.2) is 42.5 Å². The van der Waals surface area contributed by atoms with Crippen molar-refractivity contribution >= 4 is 0 Å². The molecule has 0 bridgehead atoms. The highest BCUT2D eigenvalue weighted by Crippen LogP contribution is 2.37. The van der Waals surface area contributed by atoms with Gasteiger partial charge in [0.1, 0.15) is 30.2 Å². The molecule has 30 heavy (non-hydrogen) atoms. The number of terminal acetylenes is 1. The van der Waals surface area contributed by atoms with Crippen molar-refractivity contribution in [1.82, 2.24) is 0 Å². The molecule has 0 saturated carbocycles. The summed E-state index contributed by atoms with van der Waals surface area (Å²) < 4.78 is 10.8. The van der Waals surface area contributed by atoms with Gasteiger partial charge in [0.05, 0.1) is 13.2 Å². The summed E-state index contributed by atoms with van der Waals surface area (Å²) >= 11 is 0. The lowest BCUT2D eigenvalue weighted by Crippen LogP contribution is -2.63. The molecule has 5 atom stereocenters. The third-order valence-electron chi connectivity index (χ3n) is 5.27. The molecule has 0 radical (unpaired) electrons. The molecule has 160 valence electrons. The molecule has 1 unspecified atom stereocenters. The molecule has 1 aliphatic heterocycles. The van der Waals surface area contributed by atoms with Gasteiger partial charge < -0.3 is 35.0 Å². The summed E-state index contributed by atoms with van der Waals surface area (Å²) in [4.78, 5) is 0. The topological polar surface area (TPSA) is 120 Å². The molecule has 7 heteroatoms. The van der Waals surface area contributed by atoms with E-state index in [1.54, 1.807) is 12.1 Å². The summed E-state index contributed by atoms with van der Waals surface area (Å²) in [6.45, 7) is 1.83. The maximum atomic E-state index is 11.0. The van der Waals surface area contributed by atoms with Crippen molar-refractivity contribution in [3.8, 4) is 18.1 Å². The Morgan fingerprint density at radius 3 is 2.40 bits per heavy atom. The van der Waals surface area contributed by atoms with E-state index in [1.165, 1.54) is 6.07 Å². The van der Waals surface area contributed by atoms with Crippen LogP contribution in [-0.2, 0) is 16.9 Å². The molecule has 0 spiro atoms. The molecule has 1 fully saturated rings. The highest BCUT2D eigenvalue weighted by Gasteiger charge is 2.53. The number of ether oxygens (including phenoxy) is 2. The third kappa shape index (κ3) is 4.20. The SMILES string of the molecule is C#Cc1ccc(C2(O)O[C@H](CO)[C@@H](O)[C@H](O)[C@H]2O)cc1Cc1ccc(OCC)cc1. The van der Waals surface area contributed by atoms with Gasteiger partial charge in [0, 0.05) is 11.1 Å². The van der Waals surface area contributed by atoms with Crippen molar-refractivity contribution < 1.29 is 35.0 Å². The molecule has 1 saturated heterocycles. The highest BCUT2D eigenvalue weighted by molar-refractivity contribution is 5.46. The Kier molecular flexibility index (Phi) is 6.78. The predicted octanol–water partition coefficient (Wildman–Crippen LogP) is 0.276. The summed E-state index contributed by atoms with van der Waals surface area (Å²) in [5.74, 6) is 1.02. The minimum absolute atomic E-state index is 0.152.